The molecule has 18 heavy (non-hydrogen) atoms. The maximum absolute atomic E-state index is 5.78. The standard InChI is InChI=1S/C12H23N5O/c1-9-11(13)15-10(2)16-12(9)14-5-7-18-8-6-17(3)4/h5-8H2,1-4H3,(H3,13,14,15,16). The molecule has 0 spiro atoms. The van der Waals surface area contributed by atoms with Crippen LogP contribution in [0, 0.1) is 13.8 Å². The molecule has 1 rings (SSSR count). The van der Waals surface area contributed by atoms with Crippen LogP contribution in [-0.4, -0.2) is 55.3 Å². The van der Waals surface area contributed by atoms with Crippen LogP contribution < -0.4 is 11.1 Å². The first kappa shape index (κ1) is 14.7. The molecule has 0 saturated heterocycles. The van der Waals surface area contributed by atoms with E-state index in [2.05, 4.69) is 20.2 Å². The molecule has 6 heteroatoms. The van der Waals surface area contributed by atoms with Crippen LogP contribution in [0.4, 0.5) is 11.6 Å². The smallest absolute Gasteiger partial charge is 0.134 e. The number of likely N-dealkylation sites (N-methyl/N-ethyl adjacent to an activating group) is 1. The van der Waals surface area contributed by atoms with Crippen molar-refractivity contribution in [2.75, 3.05) is 51.4 Å². The number of hydrogen-bond donors (Lipinski definition) is 2. The van der Waals surface area contributed by atoms with E-state index < -0.39 is 0 Å². The Labute approximate surface area is 109 Å². The van der Waals surface area contributed by atoms with E-state index in [-0.39, 0.29) is 0 Å². The summed E-state index contributed by atoms with van der Waals surface area (Å²) in [5, 5.41) is 3.21. The zero-order valence-electron chi connectivity index (χ0n) is 11.7. The number of aromatic nitrogens is 2. The fraction of sp³-hybridized carbons (Fsp3) is 0.667. The summed E-state index contributed by atoms with van der Waals surface area (Å²) in [4.78, 5) is 10.5. The van der Waals surface area contributed by atoms with Gasteiger partial charge in [-0.2, -0.15) is 0 Å². The summed E-state index contributed by atoms with van der Waals surface area (Å²) in [6, 6.07) is 0. The molecule has 1 heterocycles. The van der Waals surface area contributed by atoms with Gasteiger partial charge in [-0.05, 0) is 27.9 Å². The van der Waals surface area contributed by atoms with Gasteiger partial charge in [0.25, 0.3) is 0 Å². The van der Waals surface area contributed by atoms with E-state index in [1.54, 1.807) is 0 Å². The first-order valence-corrected chi connectivity index (χ1v) is 6.07. The Kier molecular flexibility index (Phi) is 5.80. The van der Waals surface area contributed by atoms with Gasteiger partial charge in [-0.3, -0.25) is 0 Å². The van der Waals surface area contributed by atoms with Crippen LogP contribution in [0.3, 0.4) is 0 Å². The highest BCUT2D eigenvalue weighted by Gasteiger charge is 2.05. The van der Waals surface area contributed by atoms with Crippen LogP contribution in [0.15, 0.2) is 0 Å². The number of nitrogens with one attached hydrogen (secondary N) is 1. The fourth-order valence-corrected chi connectivity index (χ4v) is 1.41. The monoisotopic (exact) mass is 253 g/mol. The van der Waals surface area contributed by atoms with E-state index >= 15 is 0 Å². The van der Waals surface area contributed by atoms with Gasteiger partial charge in [0.2, 0.25) is 0 Å². The van der Waals surface area contributed by atoms with Crippen molar-refractivity contribution in [1.29, 1.82) is 0 Å². The molecule has 0 amide bonds. The van der Waals surface area contributed by atoms with Crippen molar-refractivity contribution in [3.05, 3.63) is 11.4 Å². The Morgan fingerprint density at radius 2 is 1.94 bits per heavy atom. The largest absolute Gasteiger partial charge is 0.383 e. The average molecular weight is 253 g/mol. The maximum Gasteiger partial charge on any atom is 0.134 e. The van der Waals surface area contributed by atoms with Crippen LogP contribution in [0.5, 0.6) is 0 Å². The quantitative estimate of drug-likeness (QED) is 0.695. The number of rotatable bonds is 7. The molecule has 0 aliphatic rings. The van der Waals surface area contributed by atoms with Gasteiger partial charge in [-0.15, -0.1) is 0 Å². The number of aryl methyl sites for hydroxylation is 1. The van der Waals surface area contributed by atoms with Gasteiger partial charge < -0.3 is 20.7 Å². The van der Waals surface area contributed by atoms with Gasteiger partial charge in [0.15, 0.2) is 0 Å². The molecule has 0 unspecified atom stereocenters. The molecule has 0 saturated carbocycles. The van der Waals surface area contributed by atoms with Crippen molar-refractivity contribution in [3.8, 4) is 0 Å². The van der Waals surface area contributed by atoms with E-state index in [0.717, 1.165) is 24.5 Å². The highest BCUT2D eigenvalue weighted by atomic mass is 16.5. The average Bonchev–Trinajstić information content (AvgIpc) is 2.29. The number of hydrogen-bond acceptors (Lipinski definition) is 6. The SMILES string of the molecule is Cc1nc(N)c(C)c(NCCOCCN(C)C)n1. The second kappa shape index (κ2) is 7.13. The summed E-state index contributed by atoms with van der Waals surface area (Å²) in [6.07, 6.45) is 0. The van der Waals surface area contributed by atoms with Gasteiger partial charge in [0.1, 0.15) is 17.5 Å². The lowest BCUT2D eigenvalue weighted by atomic mass is 10.3. The molecule has 102 valence electrons. The van der Waals surface area contributed by atoms with Crippen LogP contribution in [0.2, 0.25) is 0 Å². The third-order valence-corrected chi connectivity index (χ3v) is 2.52. The van der Waals surface area contributed by atoms with E-state index in [4.69, 9.17) is 10.5 Å². The van der Waals surface area contributed by atoms with E-state index in [0.29, 0.717) is 24.8 Å². The maximum atomic E-state index is 5.78. The summed E-state index contributed by atoms with van der Waals surface area (Å²) in [5.74, 6) is 1.99. The van der Waals surface area contributed by atoms with Gasteiger partial charge in [-0.25, -0.2) is 9.97 Å². The molecule has 0 fully saturated rings. The summed E-state index contributed by atoms with van der Waals surface area (Å²) in [6.45, 7) is 6.76. The van der Waals surface area contributed by atoms with Crippen molar-refractivity contribution in [2.24, 2.45) is 0 Å². The first-order valence-electron chi connectivity index (χ1n) is 6.07. The van der Waals surface area contributed by atoms with Crippen molar-refractivity contribution < 1.29 is 4.74 Å². The number of ether oxygens (including phenoxy) is 1. The van der Waals surface area contributed by atoms with Crippen LogP contribution in [0.1, 0.15) is 11.4 Å². The summed E-state index contributed by atoms with van der Waals surface area (Å²) in [7, 11) is 4.05. The molecule has 0 bridgehead atoms. The molecule has 0 aliphatic carbocycles. The normalized spacial score (nSPS) is 10.9. The molecule has 0 aromatic carbocycles. The third-order valence-electron chi connectivity index (χ3n) is 2.52. The minimum atomic E-state index is 0.526. The van der Waals surface area contributed by atoms with Crippen molar-refractivity contribution in [1.82, 2.24) is 14.9 Å². The molecule has 6 nitrogen and oxygen atoms in total. The van der Waals surface area contributed by atoms with Gasteiger partial charge in [0, 0.05) is 18.7 Å². The Morgan fingerprint density at radius 1 is 1.22 bits per heavy atom. The van der Waals surface area contributed by atoms with Gasteiger partial charge in [-0.1, -0.05) is 0 Å². The molecule has 1 aromatic heterocycles. The number of nitrogens with zero attached hydrogens (tertiary/aromatic N) is 3. The molecule has 0 aliphatic heterocycles. The van der Waals surface area contributed by atoms with Crippen molar-refractivity contribution in [3.63, 3.8) is 0 Å². The summed E-state index contributed by atoms with van der Waals surface area (Å²) < 4.78 is 5.49. The van der Waals surface area contributed by atoms with Crippen molar-refractivity contribution >= 4 is 11.6 Å². The molecular weight excluding hydrogens is 230 g/mol. The minimum absolute atomic E-state index is 0.526. The highest BCUT2D eigenvalue weighted by molar-refractivity contribution is 5.54. The van der Waals surface area contributed by atoms with Crippen LogP contribution >= 0.6 is 0 Å². The predicted molar refractivity (Wildman–Crippen MR) is 73.8 cm³/mol. The van der Waals surface area contributed by atoms with Crippen LogP contribution in [-0.2, 0) is 4.74 Å². The molecule has 0 atom stereocenters. The predicted octanol–water partition coefficient (Wildman–Crippen LogP) is 0.666. The lowest BCUT2D eigenvalue weighted by molar-refractivity contribution is 0.126. The topological polar surface area (TPSA) is 76.3 Å². The van der Waals surface area contributed by atoms with Gasteiger partial charge >= 0.3 is 0 Å². The third kappa shape index (κ3) is 4.85. The number of nitrogen functional groups attached to an aromatic ring is 1. The lowest BCUT2D eigenvalue weighted by Gasteiger charge is -2.12. The summed E-state index contributed by atoms with van der Waals surface area (Å²) in [5.41, 5.74) is 6.66. The number of anilines is 2. The van der Waals surface area contributed by atoms with E-state index in [1.807, 2.05) is 27.9 Å². The zero-order chi connectivity index (χ0) is 13.5. The van der Waals surface area contributed by atoms with Crippen LogP contribution in [0.25, 0.3) is 0 Å². The second-order valence-corrected chi connectivity index (χ2v) is 4.47. The van der Waals surface area contributed by atoms with E-state index in [1.165, 1.54) is 0 Å². The first-order chi connectivity index (χ1) is 8.50. The Hall–Kier alpha value is -1.40. The lowest BCUT2D eigenvalue weighted by Crippen LogP contribution is -2.20. The highest BCUT2D eigenvalue weighted by Crippen LogP contribution is 2.16. The van der Waals surface area contributed by atoms with Gasteiger partial charge in [0.05, 0.1) is 13.2 Å². The van der Waals surface area contributed by atoms with E-state index in [9.17, 15) is 0 Å². The molecule has 1 aromatic rings. The summed E-state index contributed by atoms with van der Waals surface area (Å²) >= 11 is 0. The molecule has 0 radical (unpaired) electrons. The zero-order valence-corrected chi connectivity index (χ0v) is 11.7. The minimum Gasteiger partial charge on any atom is -0.383 e. The second-order valence-electron chi connectivity index (χ2n) is 4.47. The molecular formula is C12H23N5O. The van der Waals surface area contributed by atoms with Crippen molar-refractivity contribution in [2.45, 2.75) is 13.8 Å². The fourth-order valence-electron chi connectivity index (χ4n) is 1.41. The number of nitrogens with two attached hydrogens (primary N) is 1. The Bertz CT molecular complexity index is 381. The Balaban J connectivity index is 2.31. The molecule has 3 N–H and O–H groups in total. The Morgan fingerprint density at radius 3 is 2.61 bits per heavy atom.